The Kier molecular flexibility index (Phi) is 8.60. The summed E-state index contributed by atoms with van der Waals surface area (Å²) in [4.78, 5) is 14.8. The van der Waals surface area contributed by atoms with Gasteiger partial charge in [-0.2, -0.15) is 0 Å². The third-order valence-electron chi connectivity index (χ3n) is 5.82. The van der Waals surface area contributed by atoms with Crippen molar-refractivity contribution in [2.75, 3.05) is 19.7 Å². The second kappa shape index (κ2) is 10.7. The molecule has 4 heteroatoms. The van der Waals surface area contributed by atoms with E-state index >= 15 is 0 Å². The lowest BCUT2D eigenvalue weighted by molar-refractivity contribution is -0.158. The molecule has 2 rings (SSSR count). The molecule has 0 aliphatic heterocycles. The first-order chi connectivity index (χ1) is 12.6. The topological polar surface area (TPSA) is 49.8 Å². The number of aliphatic hydroxyl groups is 1. The summed E-state index contributed by atoms with van der Waals surface area (Å²) in [7, 11) is 0. The van der Waals surface area contributed by atoms with Gasteiger partial charge in [-0.3, -0.25) is 0 Å². The van der Waals surface area contributed by atoms with Gasteiger partial charge in [0.2, 0.25) is 0 Å². The van der Waals surface area contributed by atoms with Crippen LogP contribution in [-0.4, -0.2) is 47.8 Å². The van der Waals surface area contributed by atoms with Crippen molar-refractivity contribution in [1.82, 2.24) is 4.90 Å². The molecule has 0 heterocycles. The van der Waals surface area contributed by atoms with Crippen molar-refractivity contribution in [1.29, 1.82) is 0 Å². The number of ether oxygens (including phenoxy) is 1. The minimum absolute atomic E-state index is 0.0710. The summed E-state index contributed by atoms with van der Waals surface area (Å²) in [6.07, 6.45) is 3.64. The molecule has 4 unspecified atom stereocenters. The molecule has 0 bridgehead atoms. The van der Waals surface area contributed by atoms with Crippen molar-refractivity contribution < 1.29 is 14.6 Å². The van der Waals surface area contributed by atoms with Crippen molar-refractivity contribution in [2.24, 2.45) is 5.92 Å². The average Bonchev–Trinajstić information content (AvgIpc) is 2.69. The van der Waals surface area contributed by atoms with E-state index in [2.05, 4.69) is 37.8 Å². The molecule has 0 radical (unpaired) electrons. The SMILES string of the molecule is CCCCOC(=O)C(O)C1CCC(N(CC)CC)CC1c1ccccc1. The fraction of sp³-hybridized carbons (Fsp3) is 0.682. The number of benzene rings is 1. The maximum absolute atomic E-state index is 12.3. The highest BCUT2D eigenvalue weighted by Crippen LogP contribution is 2.41. The monoisotopic (exact) mass is 361 g/mol. The fourth-order valence-electron chi connectivity index (χ4n) is 4.28. The van der Waals surface area contributed by atoms with Gasteiger partial charge in [-0.15, -0.1) is 0 Å². The van der Waals surface area contributed by atoms with E-state index in [0.717, 1.165) is 45.2 Å². The Balaban J connectivity index is 2.14. The summed E-state index contributed by atoms with van der Waals surface area (Å²) >= 11 is 0. The van der Waals surface area contributed by atoms with Crippen LogP contribution >= 0.6 is 0 Å². The number of hydrogen-bond donors (Lipinski definition) is 1. The highest BCUT2D eigenvalue weighted by molar-refractivity contribution is 5.75. The molecule has 4 atom stereocenters. The van der Waals surface area contributed by atoms with Crippen LogP contribution in [0, 0.1) is 5.92 Å². The molecule has 0 saturated heterocycles. The standard InChI is InChI=1S/C22H35NO3/c1-4-7-15-26-22(25)21(24)19-14-13-18(23(5-2)6-3)16-20(19)17-11-9-8-10-12-17/h8-12,18-21,24H,4-7,13-16H2,1-3H3. The van der Waals surface area contributed by atoms with Crippen LogP contribution in [0.15, 0.2) is 30.3 Å². The molecule has 4 nitrogen and oxygen atoms in total. The van der Waals surface area contributed by atoms with Crippen LogP contribution in [0.5, 0.6) is 0 Å². The van der Waals surface area contributed by atoms with Gasteiger partial charge in [0.05, 0.1) is 6.61 Å². The van der Waals surface area contributed by atoms with Crippen molar-refractivity contribution >= 4 is 5.97 Å². The van der Waals surface area contributed by atoms with Gasteiger partial charge < -0.3 is 14.7 Å². The molecule has 1 saturated carbocycles. The Morgan fingerprint density at radius 3 is 2.50 bits per heavy atom. The molecule has 1 aliphatic carbocycles. The van der Waals surface area contributed by atoms with Gasteiger partial charge in [-0.25, -0.2) is 4.79 Å². The molecule has 0 aromatic heterocycles. The zero-order valence-electron chi connectivity index (χ0n) is 16.6. The summed E-state index contributed by atoms with van der Waals surface area (Å²) in [6.45, 7) is 8.94. The van der Waals surface area contributed by atoms with Crippen LogP contribution in [0.25, 0.3) is 0 Å². The van der Waals surface area contributed by atoms with Gasteiger partial charge in [0.25, 0.3) is 0 Å². The van der Waals surface area contributed by atoms with Gasteiger partial charge >= 0.3 is 5.97 Å². The number of carbonyl (C=O) groups excluding carboxylic acids is 1. The van der Waals surface area contributed by atoms with E-state index in [1.807, 2.05) is 18.2 Å². The van der Waals surface area contributed by atoms with Crippen LogP contribution in [0.4, 0.5) is 0 Å². The lowest BCUT2D eigenvalue weighted by atomic mass is 9.70. The van der Waals surface area contributed by atoms with Crippen LogP contribution < -0.4 is 0 Å². The number of unbranched alkanes of at least 4 members (excludes halogenated alkanes) is 1. The molecule has 1 aromatic rings. The summed E-state index contributed by atoms with van der Waals surface area (Å²) < 4.78 is 5.30. The zero-order valence-corrected chi connectivity index (χ0v) is 16.6. The summed E-state index contributed by atoms with van der Waals surface area (Å²) in [5, 5.41) is 10.7. The van der Waals surface area contributed by atoms with Crippen LogP contribution in [0.1, 0.15) is 64.4 Å². The number of nitrogens with zero attached hydrogens (tertiary/aromatic N) is 1. The molecular formula is C22H35NO3. The molecule has 26 heavy (non-hydrogen) atoms. The van der Waals surface area contributed by atoms with E-state index in [-0.39, 0.29) is 11.8 Å². The first kappa shape index (κ1) is 20.9. The summed E-state index contributed by atoms with van der Waals surface area (Å²) in [5.41, 5.74) is 1.22. The van der Waals surface area contributed by atoms with Crippen LogP contribution in [0.2, 0.25) is 0 Å². The Labute approximate surface area is 158 Å². The second-order valence-electron chi connectivity index (χ2n) is 7.34. The summed E-state index contributed by atoms with van der Waals surface area (Å²) in [5.74, 6) is -0.340. The number of aliphatic hydroxyl groups excluding tert-OH is 1. The van der Waals surface area contributed by atoms with E-state index in [0.29, 0.717) is 12.6 Å². The minimum atomic E-state index is -1.03. The van der Waals surface area contributed by atoms with Gasteiger partial charge in [0, 0.05) is 12.0 Å². The van der Waals surface area contributed by atoms with Crippen molar-refractivity contribution in [3.63, 3.8) is 0 Å². The third kappa shape index (κ3) is 5.31. The Hall–Kier alpha value is -1.39. The normalized spacial score (nSPS) is 24.4. The fourth-order valence-corrected chi connectivity index (χ4v) is 4.28. The molecular weight excluding hydrogens is 326 g/mol. The number of carbonyl (C=O) groups is 1. The lowest BCUT2D eigenvalue weighted by Crippen LogP contribution is -2.44. The molecule has 1 N–H and O–H groups in total. The van der Waals surface area contributed by atoms with Crippen molar-refractivity contribution in [3.8, 4) is 0 Å². The molecule has 0 amide bonds. The van der Waals surface area contributed by atoms with Crippen molar-refractivity contribution in [3.05, 3.63) is 35.9 Å². The largest absolute Gasteiger partial charge is 0.464 e. The van der Waals surface area contributed by atoms with Crippen LogP contribution in [0.3, 0.4) is 0 Å². The van der Waals surface area contributed by atoms with Crippen molar-refractivity contribution in [2.45, 2.75) is 70.9 Å². The predicted molar refractivity (Wildman–Crippen MR) is 105 cm³/mol. The van der Waals surface area contributed by atoms with E-state index in [1.165, 1.54) is 5.56 Å². The third-order valence-corrected chi connectivity index (χ3v) is 5.82. The lowest BCUT2D eigenvalue weighted by Gasteiger charge is -2.42. The molecule has 0 spiro atoms. The van der Waals surface area contributed by atoms with E-state index in [4.69, 9.17) is 4.74 Å². The second-order valence-corrected chi connectivity index (χ2v) is 7.34. The summed E-state index contributed by atoms with van der Waals surface area (Å²) in [6, 6.07) is 10.8. The van der Waals surface area contributed by atoms with Gasteiger partial charge in [0.15, 0.2) is 6.10 Å². The van der Waals surface area contributed by atoms with E-state index in [9.17, 15) is 9.90 Å². The molecule has 146 valence electrons. The van der Waals surface area contributed by atoms with E-state index in [1.54, 1.807) is 0 Å². The zero-order chi connectivity index (χ0) is 18.9. The number of hydrogen-bond acceptors (Lipinski definition) is 4. The highest BCUT2D eigenvalue weighted by atomic mass is 16.5. The van der Waals surface area contributed by atoms with Gasteiger partial charge in [-0.1, -0.05) is 57.5 Å². The first-order valence-electron chi connectivity index (χ1n) is 10.3. The Bertz CT molecular complexity index is 529. The maximum atomic E-state index is 12.3. The number of rotatable bonds is 9. The predicted octanol–water partition coefficient (Wildman–Crippen LogP) is 3.98. The van der Waals surface area contributed by atoms with E-state index < -0.39 is 12.1 Å². The van der Waals surface area contributed by atoms with Gasteiger partial charge in [0.1, 0.15) is 0 Å². The quantitative estimate of drug-likeness (QED) is 0.534. The first-order valence-corrected chi connectivity index (χ1v) is 10.3. The Morgan fingerprint density at radius 1 is 1.19 bits per heavy atom. The smallest absolute Gasteiger partial charge is 0.335 e. The molecule has 1 fully saturated rings. The Morgan fingerprint density at radius 2 is 1.88 bits per heavy atom. The highest BCUT2D eigenvalue weighted by Gasteiger charge is 2.40. The average molecular weight is 362 g/mol. The maximum Gasteiger partial charge on any atom is 0.335 e. The minimum Gasteiger partial charge on any atom is -0.464 e. The van der Waals surface area contributed by atoms with Crippen LogP contribution in [-0.2, 0) is 9.53 Å². The molecule has 1 aromatic carbocycles. The van der Waals surface area contributed by atoms with Gasteiger partial charge in [-0.05, 0) is 50.3 Å². The molecule has 1 aliphatic rings. The number of esters is 1.